The highest BCUT2D eigenvalue weighted by Crippen LogP contribution is 2.15. The van der Waals surface area contributed by atoms with Crippen LogP contribution in [-0.2, 0) is 28.6 Å². The number of ether oxygens (including phenoxy) is 3. The topological polar surface area (TPSA) is 78.9 Å². The maximum atomic E-state index is 12.8. The molecule has 0 aromatic heterocycles. The lowest BCUT2D eigenvalue weighted by molar-refractivity contribution is -0.167. The summed E-state index contributed by atoms with van der Waals surface area (Å²) in [4.78, 5) is 38.1. The van der Waals surface area contributed by atoms with E-state index in [0.717, 1.165) is 103 Å². The molecule has 66 heavy (non-hydrogen) atoms. The molecule has 0 fully saturated rings. The fourth-order valence-corrected chi connectivity index (χ4v) is 7.51. The molecule has 0 spiro atoms. The van der Waals surface area contributed by atoms with Crippen molar-refractivity contribution in [1.29, 1.82) is 0 Å². The highest BCUT2D eigenvalue weighted by atomic mass is 16.6. The summed E-state index contributed by atoms with van der Waals surface area (Å²) in [6.45, 7) is 6.45. The summed E-state index contributed by atoms with van der Waals surface area (Å²) in [7, 11) is 0. The fourth-order valence-electron chi connectivity index (χ4n) is 7.51. The Bertz CT molecular complexity index is 1290. The molecule has 0 heterocycles. The van der Waals surface area contributed by atoms with Crippen LogP contribution in [0.25, 0.3) is 0 Å². The number of hydrogen-bond donors (Lipinski definition) is 0. The molecule has 1 atom stereocenters. The third kappa shape index (κ3) is 51.6. The summed E-state index contributed by atoms with van der Waals surface area (Å²) >= 11 is 0. The summed E-state index contributed by atoms with van der Waals surface area (Å²) in [6.07, 6.45) is 70.0. The molecule has 0 amide bonds. The first-order valence-electron chi connectivity index (χ1n) is 27.6. The van der Waals surface area contributed by atoms with Crippen molar-refractivity contribution in [3.05, 3.63) is 85.1 Å². The van der Waals surface area contributed by atoms with Crippen LogP contribution >= 0.6 is 0 Å². The first-order valence-corrected chi connectivity index (χ1v) is 27.6. The van der Waals surface area contributed by atoms with Gasteiger partial charge in [-0.05, 0) is 89.9 Å². The van der Waals surface area contributed by atoms with Crippen molar-refractivity contribution in [2.45, 2.75) is 264 Å². The molecule has 0 radical (unpaired) electrons. The van der Waals surface area contributed by atoms with Gasteiger partial charge >= 0.3 is 17.9 Å². The van der Waals surface area contributed by atoms with Crippen LogP contribution in [0.2, 0.25) is 0 Å². The molecule has 0 unspecified atom stereocenters. The molecule has 6 heteroatoms. The van der Waals surface area contributed by atoms with E-state index in [1.807, 2.05) is 0 Å². The molecule has 378 valence electrons. The minimum atomic E-state index is -0.804. The van der Waals surface area contributed by atoms with Crippen LogP contribution < -0.4 is 0 Å². The number of carbonyl (C=O) groups excluding carboxylic acids is 3. The van der Waals surface area contributed by atoms with Crippen molar-refractivity contribution in [1.82, 2.24) is 0 Å². The Balaban J connectivity index is 4.48. The molecule has 0 aliphatic rings. The summed E-state index contributed by atoms with van der Waals surface area (Å²) in [6, 6.07) is 0. The van der Waals surface area contributed by atoms with Crippen molar-refractivity contribution < 1.29 is 28.6 Å². The van der Waals surface area contributed by atoms with Crippen molar-refractivity contribution in [2.75, 3.05) is 13.2 Å². The van der Waals surface area contributed by atoms with Crippen molar-refractivity contribution >= 4 is 17.9 Å². The van der Waals surface area contributed by atoms with Crippen LogP contribution in [0, 0.1) is 0 Å². The maximum absolute atomic E-state index is 12.8. The first kappa shape index (κ1) is 62.6. The van der Waals surface area contributed by atoms with Crippen molar-refractivity contribution in [3.63, 3.8) is 0 Å². The van der Waals surface area contributed by atoms with Crippen LogP contribution in [0.5, 0.6) is 0 Å². The fraction of sp³-hybridized carbons (Fsp3) is 0.717. The van der Waals surface area contributed by atoms with Crippen LogP contribution in [0.4, 0.5) is 0 Å². The molecule has 0 aromatic carbocycles. The van der Waals surface area contributed by atoms with Gasteiger partial charge < -0.3 is 14.2 Å². The normalized spacial score (nSPS) is 12.7. The van der Waals surface area contributed by atoms with E-state index >= 15 is 0 Å². The zero-order valence-electron chi connectivity index (χ0n) is 43.2. The summed E-state index contributed by atoms with van der Waals surface area (Å²) in [5.74, 6) is -0.967. The SMILES string of the molecule is CC/C=C\C/C=C\C/C=C\C/C=C\C/C=C\CCCC(=O)OC[C@@H](COC(=O)CCCCCCC/C=C\C/C=C\CCCCC)OC(=O)CCCCCCCCCCCCCCCCCC. The molecular formula is C60H102O6. The average molecular weight is 919 g/mol. The van der Waals surface area contributed by atoms with Gasteiger partial charge in [-0.25, -0.2) is 0 Å². The highest BCUT2D eigenvalue weighted by molar-refractivity contribution is 5.71. The predicted molar refractivity (Wildman–Crippen MR) is 284 cm³/mol. The molecule has 0 saturated heterocycles. The van der Waals surface area contributed by atoms with Gasteiger partial charge in [0.15, 0.2) is 6.10 Å². The molecule has 6 nitrogen and oxygen atoms in total. The van der Waals surface area contributed by atoms with E-state index in [-0.39, 0.29) is 37.5 Å². The van der Waals surface area contributed by atoms with Gasteiger partial charge in [0.2, 0.25) is 0 Å². The van der Waals surface area contributed by atoms with Gasteiger partial charge in [-0.15, -0.1) is 0 Å². The van der Waals surface area contributed by atoms with Gasteiger partial charge in [-0.3, -0.25) is 14.4 Å². The zero-order valence-corrected chi connectivity index (χ0v) is 43.2. The number of rotatable bonds is 49. The standard InChI is InChI=1S/C60H102O6/c1-4-7-10-13-16-19-22-25-28-30-33-35-38-41-44-47-50-53-59(62)65-56-57(55-64-58(61)52-49-46-43-40-37-34-31-27-24-21-18-15-12-9-6-3)66-60(63)54-51-48-45-42-39-36-32-29-26-23-20-17-14-11-8-5-2/h7,10,16,18-19,21,25,27-28,31,33,35,41,44,57H,4-6,8-9,11-15,17,20,22-24,26,29-30,32,34,36-40,42-43,45-56H2,1-3H3/b10-7-,19-16-,21-18-,28-25-,31-27-,35-33-,44-41-/t57-/m1/s1. The lowest BCUT2D eigenvalue weighted by atomic mass is 10.0. The van der Waals surface area contributed by atoms with Crippen molar-refractivity contribution in [3.8, 4) is 0 Å². The smallest absolute Gasteiger partial charge is 0.306 e. The van der Waals surface area contributed by atoms with E-state index in [9.17, 15) is 14.4 Å². The largest absolute Gasteiger partial charge is 0.462 e. The summed E-state index contributed by atoms with van der Waals surface area (Å²) in [5.41, 5.74) is 0. The van der Waals surface area contributed by atoms with E-state index in [2.05, 4.69) is 106 Å². The number of carbonyl (C=O) groups is 3. The third-order valence-electron chi connectivity index (χ3n) is 11.6. The molecular weight excluding hydrogens is 817 g/mol. The molecule has 0 rings (SSSR count). The van der Waals surface area contributed by atoms with E-state index in [0.29, 0.717) is 19.3 Å². The number of hydrogen-bond acceptors (Lipinski definition) is 6. The Morgan fingerprint density at radius 1 is 0.318 bits per heavy atom. The molecule has 0 N–H and O–H groups in total. The van der Waals surface area contributed by atoms with Gasteiger partial charge in [0.25, 0.3) is 0 Å². The quantitative estimate of drug-likeness (QED) is 0.0262. The molecule has 0 aliphatic heterocycles. The summed E-state index contributed by atoms with van der Waals surface area (Å²) in [5, 5.41) is 0. The van der Waals surface area contributed by atoms with Gasteiger partial charge in [0.05, 0.1) is 0 Å². The molecule has 0 aliphatic carbocycles. The van der Waals surface area contributed by atoms with E-state index in [4.69, 9.17) is 14.2 Å². The monoisotopic (exact) mass is 919 g/mol. The van der Waals surface area contributed by atoms with Crippen LogP contribution in [-0.4, -0.2) is 37.2 Å². The Kier molecular flexibility index (Phi) is 51.4. The van der Waals surface area contributed by atoms with E-state index < -0.39 is 6.10 Å². The lowest BCUT2D eigenvalue weighted by Crippen LogP contribution is -2.30. The predicted octanol–water partition coefficient (Wildman–Crippen LogP) is 18.4. The minimum Gasteiger partial charge on any atom is -0.462 e. The van der Waals surface area contributed by atoms with E-state index in [1.54, 1.807) is 0 Å². The Morgan fingerprint density at radius 3 is 1.02 bits per heavy atom. The second-order valence-corrected chi connectivity index (χ2v) is 18.1. The molecule has 0 bridgehead atoms. The highest BCUT2D eigenvalue weighted by Gasteiger charge is 2.19. The number of allylic oxidation sites excluding steroid dienone is 14. The average Bonchev–Trinajstić information content (AvgIpc) is 3.31. The van der Waals surface area contributed by atoms with Crippen LogP contribution in [0.15, 0.2) is 85.1 Å². The zero-order chi connectivity index (χ0) is 47.9. The third-order valence-corrected chi connectivity index (χ3v) is 11.6. The second kappa shape index (κ2) is 54.2. The number of esters is 3. The van der Waals surface area contributed by atoms with Gasteiger partial charge in [-0.1, -0.05) is 234 Å². The van der Waals surface area contributed by atoms with Gasteiger partial charge in [0, 0.05) is 19.3 Å². The molecule has 0 aromatic rings. The van der Waals surface area contributed by atoms with Gasteiger partial charge in [0.1, 0.15) is 13.2 Å². The Hall–Kier alpha value is -3.41. The van der Waals surface area contributed by atoms with E-state index in [1.165, 1.54) is 109 Å². The van der Waals surface area contributed by atoms with Crippen LogP contribution in [0.3, 0.4) is 0 Å². The number of unbranched alkanes of at least 4 members (excludes halogenated alkanes) is 24. The summed E-state index contributed by atoms with van der Waals surface area (Å²) < 4.78 is 16.8. The second-order valence-electron chi connectivity index (χ2n) is 18.1. The Labute approximate surface area is 407 Å². The maximum Gasteiger partial charge on any atom is 0.306 e. The molecule has 0 saturated carbocycles. The minimum absolute atomic E-state index is 0.100. The van der Waals surface area contributed by atoms with Gasteiger partial charge in [-0.2, -0.15) is 0 Å². The lowest BCUT2D eigenvalue weighted by Gasteiger charge is -2.18. The van der Waals surface area contributed by atoms with Crippen molar-refractivity contribution in [2.24, 2.45) is 0 Å². The van der Waals surface area contributed by atoms with Crippen LogP contribution in [0.1, 0.15) is 258 Å². The first-order chi connectivity index (χ1) is 32.5. The Morgan fingerprint density at radius 2 is 0.606 bits per heavy atom.